The number of amides is 4. The first-order valence-electron chi connectivity index (χ1n) is 45.5. The Hall–Kier alpha value is -10.7. The summed E-state index contributed by atoms with van der Waals surface area (Å²) in [6.45, 7) is 40.3. The molecule has 7 aliphatic rings. The van der Waals surface area contributed by atoms with Crippen LogP contribution in [0, 0.1) is 0 Å². The average Bonchev–Trinajstić information content (AvgIpc) is 1.66. The van der Waals surface area contributed by atoms with Crippen molar-refractivity contribution >= 4 is 111 Å². The fourth-order valence-electron chi connectivity index (χ4n) is 17.2. The second kappa shape index (κ2) is 45.6. The summed E-state index contributed by atoms with van der Waals surface area (Å²) in [4.78, 5) is 109. The zero-order valence-corrected chi connectivity index (χ0v) is 75.0. The van der Waals surface area contributed by atoms with E-state index >= 15 is 0 Å². The molecule has 0 bridgehead atoms. The highest BCUT2D eigenvalue weighted by Gasteiger charge is 2.38. The number of nitrogens with zero attached hydrogens (tertiary/aromatic N) is 18. The molecule has 660 valence electrons. The number of hydrogen-bond donors (Lipinski definition) is 6. The number of anilines is 15. The molecule has 0 atom stereocenters. The fraction of sp³-hybridized carbons (Fsp3) is 0.532. The Bertz CT molecular complexity index is 4600. The van der Waals surface area contributed by atoms with E-state index in [-0.39, 0.29) is 47.8 Å². The largest absolute Gasteiger partial charge is 0.492 e. The van der Waals surface area contributed by atoms with Gasteiger partial charge in [0.25, 0.3) is 0 Å². The van der Waals surface area contributed by atoms with Gasteiger partial charge >= 0.3 is 0 Å². The van der Waals surface area contributed by atoms with Crippen LogP contribution in [0.25, 0.3) is 0 Å². The van der Waals surface area contributed by atoms with Crippen molar-refractivity contribution < 1.29 is 23.9 Å². The van der Waals surface area contributed by atoms with Gasteiger partial charge in [-0.3, -0.25) is 43.7 Å². The molecule has 6 N–H and O–H groups in total. The van der Waals surface area contributed by atoms with E-state index in [0.717, 1.165) is 222 Å². The first kappa shape index (κ1) is 91.5. The van der Waals surface area contributed by atoms with Crippen LogP contribution in [0.15, 0.2) is 122 Å². The van der Waals surface area contributed by atoms with Gasteiger partial charge in [-0.05, 0) is 190 Å². The van der Waals surface area contributed by atoms with Crippen LogP contribution in [-0.4, -0.2) is 244 Å². The van der Waals surface area contributed by atoms with E-state index < -0.39 is 0 Å². The Morgan fingerprint density at radius 2 is 0.707 bits per heavy atom. The van der Waals surface area contributed by atoms with Crippen molar-refractivity contribution in [1.29, 1.82) is 0 Å². The number of aromatic nitrogens is 8. The van der Waals surface area contributed by atoms with Crippen molar-refractivity contribution in [1.82, 2.24) is 64.4 Å². The maximum atomic E-state index is 12.6. The first-order chi connectivity index (χ1) is 59.9. The zero-order chi connectivity index (χ0) is 86.7. The molecule has 0 aliphatic carbocycles. The minimum atomic E-state index is 0.105. The van der Waals surface area contributed by atoms with Gasteiger partial charge in [0.1, 0.15) is 35.6 Å². The third-order valence-electron chi connectivity index (χ3n) is 24.7. The van der Waals surface area contributed by atoms with Gasteiger partial charge in [0.05, 0.1) is 25.7 Å². The smallest absolute Gasteiger partial charge is 0.233 e. The van der Waals surface area contributed by atoms with Gasteiger partial charge in [-0.1, -0.05) is 93.5 Å². The number of fused-ring (bicyclic) bond motifs is 4. The SMILES string of the molecule is CCC(CC)N1C(=O)Cc2cnc(Nc3cccc(N(C)CCN4CCCC4)c3)nc21.CCC(CC)N1C(=O)Cc2cnc(Nc3cccc(NCCN4CCCC4)c3)nc21.CCC(CC)N1C(=O)Cc2cnc(Nc3cccc(NCCN4CCN(C)CC4)c3)nc21.CCC(CC)N1C(=O)Cc2cnc(Nc3cccc(OCCN(CC)CC)c3)nc21. The lowest BCUT2D eigenvalue weighted by atomic mass is 10.1. The lowest BCUT2D eigenvalue weighted by Gasteiger charge is -2.32. The van der Waals surface area contributed by atoms with E-state index in [1.807, 2.05) is 74.2 Å². The predicted octanol–water partition coefficient (Wildman–Crippen LogP) is 14.6. The predicted molar refractivity (Wildman–Crippen MR) is 498 cm³/mol. The molecular formula is C94H134N24O5. The molecular weight excluding hydrogens is 1550 g/mol. The van der Waals surface area contributed by atoms with E-state index in [0.29, 0.717) is 56.1 Å². The molecule has 8 aromatic rings. The number of likely N-dealkylation sites (tertiary alicyclic amines) is 2. The van der Waals surface area contributed by atoms with Crippen molar-refractivity contribution in [3.05, 3.63) is 144 Å². The summed E-state index contributed by atoms with van der Waals surface area (Å²) in [5.41, 5.74) is 10.6. The standard InChI is InChI=1S/C24H35N7O.C24H34N6O.C23H32N6O.C23H33N5O2/c1-4-21(5-2)31-22(32)15-18-17-26-24(28-23(18)31)27-20-8-6-7-19(16-20)25-9-10-30-13-11-29(3)12-14-30;1-4-20(5-2)30-22(31)15-18-17-25-24(27-23(18)30)26-19-9-8-10-21(16-19)28(3)13-14-29-11-6-7-12-29;1-3-20(4-2)29-21(30)14-17-16-25-23(27-22(17)29)26-19-9-7-8-18(15-19)24-10-13-28-11-5-6-12-28;1-5-19(6-2)28-21(29)14-17-16-24-23(26-22(17)28)25-18-10-9-11-20(15-18)30-13-12-27(7-3)8-4/h6-8,16-17,21,25H,4-5,9-15H2,1-3H3,(H,26,27,28);8-10,16-17,20H,4-7,11-15H2,1-3H3,(H,25,26,27);7-9,15-16,20,24H,3-6,10-14H2,1-2H3,(H,25,26,27);9-11,15-16,19H,5-8,12-14H2,1-4H3,(H,24,25,26). The highest BCUT2D eigenvalue weighted by atomic mass is 16.5. The third-order valence-corrected chi connectivity index (χ3v) is 24.7. The highest BCUT2D eigenvalue weighted by Crippen LogP contribution is 2.37. The van der Waals surface area contributed by atoms with Crippen LogP contribution < -0.4 is 61.1 Å². The molecule has 0 unspecified atom stereocenters. The number of likely N-dealkylation sites (N-methyl/N-ethyl adjacent to an activating group) is 3. The molecule has 29 nitrogen and oxygen atoms in total. The van der Waals surface area contributed by atoms with Crippen molar-refractivity contribution in [2.24, 2.45) is 0 Å². The van der Waals surface area contributed by atoms with E-state index in [4.69, 9.17) is 19.7 Å². The summed E-state index contributed by atoms with van der Waals surface area (Å²) < 4.78 is 5.91. The Morgan fingerprint density at radius 1 is 0.382 bits per heavy atom. The third kappa shape index (κ3) is 24.6. The van der Waals surface area contributed by atoms with Crippen LogP contribution in [0.1, 0.15) is 169 Å². The van der Waals surface area contributed by atoms with Crippen molar-refractivity contribution in [2.45, 2.75) is 196 Å². The average molecular weight is 1680 g/mol. The van der Waals surface area contributed by atoms with Gasteiger partial charge in [0.2, 0.25) is 47.4 Å². The monoisotopic (exact) mass is 1680 g/mol. The molecule has 15 rings (SSSR count). The molecule has 7 aliphatic heterocycles. The number of carbonyl (C=O) groups excluding carboxylic acids is 4. The van der Waals surface area contributed by atoms with Crippen LogP contribution in [0.3, 0.4) is 0 Å². The van der Waals surface area contributed by atoms with Crippen molar-refractivity contribution in [2.75, 3.05) is 188 Å². The maximum absolute atomic E-state index is 12.6. The summed E-state index contributed by atoms with van der Waals surface area (Å²) in [5, 5.41) is 20.2. The number of benzene rings is 4. The summed E-state index contributed by atoms with van der Waals surface area (Å²) in [5.74, 6) is 6.33. The van der Waals surface area contributed by atoms with Crippen LogP contribution >= 0.6 is 0 Å². The number of nitrogens with one attached hydrogen (secondary N) is 6. The first-order valence-corrected chi connectivity index (χ1v) is 45.5. The van der Waals surface area contributed by atoms with Gasteiger partial charge in [-0.15, -0.1) is 0 Å². The fourth-order valence-corrected chi connectivity index (χ4v) is 17.2. The van der Waals surface area contributed by atoms with Gasteiger partial charge in [0, 0.05) is 196 Å². The molecule has 4 aromatic heterocycles. The number of hydrogen-bond acceptors (Lipinski definition) is 25. The van der Waals surface area contributed by atoms with Crippen LogP contribution in [0.5, 0.6) is 5.75 Å². The second-order valence-corrected chi connectivity index (χ2v) is 32.9. The zero-order valence-electron chi connectivity index (χ0n) is 75.0. The van der Waals surface area contributed by atoms with Crippen molar-refractivity contribution in [3.8, 4) is 5.75 Å². The van der Waals surface area contributed by atoms with Gasteiger partial charge in [-0.2, -0.15) is 19.9 Å². The highest BCUT2D eigenvalue weighted by molar-refractivity contribution is 6.03. The quantitative estimate of drug-likeness (QED) is 0.0210. The molecule has 3 saturated heterocycles. The molecule has 3 fully saturated rings. The molecule has 0 radical (unpaired) electrons. The Balaban J connectivity index is 0.000000150. The Morgan fingerprint density at radius 3 is 1.07 bits per heavy atom. The van der Waals surface area contributed by atoms with Gasteiger partial charge < -0.3 is 61.1 Å². The summed E-state index contributed by atoms with van der Waals surface area (Å²) >= 11 is 0. The Kier molecular flexibility index (Phi) is 33.9. The number of ether oxygens (including phenoxy) is 1. The lowest BCUT2D eigenvalue weighted by molar-refractivity contribution is -0.118. The maximum Gasteiger partial charge on any atom is 0.233 e. The minimum absolute atomic E-state index is 0.105. The molecule has 123 heavy (non-hydrogen) atoms. The second-order valence-electron chi connectivity index (χ2n) is 32.9. The molecule has 4 aromatic carbocycles. The van der Waals surface area contributed by atoms with E-state index in [1.165, 1.54) is 57.5 Å². The van der Waals surface area contributed by atoms with E-state index in [1.54, 1.807) is 24.8 Å². The molecule has 11 heterocycles. The van der Waals surface area contributed by atoms with Crippen LogP contribution in [0.4, 0.5) is 86.9 Å². The topological polar surface area (TPSA) is 285 Å². The molecule has 29 heteroatoms. The van der Waals surface area contributed by atoms with Crippen LogP contribution in [-0.2, 0) is 44.9 Å². The van der Waals surface area contributed by atoms with Gasteiger partial charge in [-0.25, -0.2) is 19.9 Å². The number of carbonyl (C=O) groups is 4. The van der Waals surface area contributed by atoms with Crippen LogP contribution in [0.2, 0.25) is 0 Å². The summed E-state index contributed by atoms with van der Waals surface area (Å²) in [6.07, 6.45) is 21.2. The van der Waals surface area contributed by atoms with E-state index in [2.05, 4.69) is 212 Å². The molecule has 4 amide bonds. The summed E-state index contributed by atoms with van der Waals surface area (Å²) in [6, 6.07) is 33.2. The van der Waals surface area contributed by atoms with E-state index in [9.17, 15) is 19.2 Å². The van der Waals surface area contributed by atoms with Gasteiger partial charge in [0.15, 0.2) is 0 Å². The molecule has 0 spiro atoms. The Labute approximate surface area is 729 Å². The number of piperazine rings is 1. The number of rotatable bonds is 38. The molecule has 0 saturated carbocycles. The minimum Gasteiger partial charge on any atom is -0.492 e. The lowest BCUT2D eigenvalue weighted by Crippen LogP contribution is -2.45. The van der Waals surface area contributed by atoms with Crippen molar-refractivity contribution in [3.63, 3.8) is 0 Å². The summed E-state index contributed by atoms with van der Waals surface area (Å²) in [7, 11) is 4.32. The normalized spacial score (nSPS) is 15.8.